The molecule has 0 aliphatic heterocycles. The summed E-state index contributed by atoms with van der Waals surface area (Å²) in [5.41, 5.74) is 0. The van der Waals surface area contributed by atoms with Crippen LogP contribution in [0.25, 0.3) is 0 Å². The quantitative estimate of drug-likeness (QED) is 0.487. The third kappa shape index (κ3) is 8.20. The maximum Gasteiger partial charge on any atom is 0.305 e. The molecule has 0 aromatic rings. The van der Waals surface area contributed by atoms with Gasteiger partial charge in [0.2, 0.25) is 10.0 Å². The summed E-state index contributed by atoms with van der Waals surface area (Å²) in [7, 11) is -2.11. The molecular weight excluding hydrogens is 232 g/mol. The van der Waals surface area contributed by atoms with Gasteiger partial charge in [0.1, 0.15) is 0 Å². The van der Waals surface area contributed by atoms with Crippen molar-refractivity contribution in [3.8, 4) is 6.07 Å². The van der Waals surface area contributed by atoms with Gasteiger partial charge in [0.05, 0.1) is 13.2 Å². The zero-order chi connectivity index (χ0) is 12.4. The number of unbranched alkanes of at least 4 members (excludes halogenated alkanes) is 2. The maximum atomic E-state index is 11.0. The van der Waals surface area contributed by atoms with E-state index < -0.39 is 15.8 Å². The number of nitrogens with one attached hydrogen (secondary N) is 1. The van der Waals surface area contributed by atoms with E-state index >= 15 is 0 Å². The molecule has 0 saturated carbocycles. The highest BCUT2D eigenvalue weighted by molar-refractivity contribution is 7.89. The van der Waals surface area contributed by atoms with E-state index in [4.69, 9.17) is 5.26 Å². The number of carbonyl (C=O) groups excluding carboxylic acids is 1. The van der Waals surface area contributed by atoms with E-state index in [0.29, 0.717) is 25.8 Å². The standard InChI is InChI=1S/C9H16N2O4S/c1-15-9(12)5-3-2-4-7-11-16(13,14)8-6-10/h11H,2-5,7-8H2,1H3. The van der Waals surface area contributed by atoms with E-state index in [1.54, 1.807) is 6.07 Å². The predicted octanol–water partition coefficient (Wildman–Crippen LogP) is 0.163. The number of hydrogen-bond acceptors (Lipinski definition) is 5. The Kier molecular flexibility index (Phi) is 7.50. The van der Waals surface area contributed by atoms with Gasteiger partial charge in [-0.3, -0.25) is 4.79 Å². The molecule has 0 atom stereocenters. The lowest BCUT2D eigenvalue weighted by Gasteiger charge is -2.03. The van der Waals surface area contributed by atoms with Crippen LogP contribution in [-0.2, 0) is 19.6 Å². The average Bonchev–Trinajstić information content (AvgIpc) is 2.22. The lowest BCUT2D eigenvalue weighted by Crippen LogP contribution is -2.26. The Balaban J connectivity index is 3.48. The summed E-state index contributed by atoms with van der Waals surface area (Å²) in [5, 5.41) is 8.21. The van der Waals surface area contributed by atoms with Gasteiger partial charge >= 0.3 is 5.97 Å². The summed E-state index contributed by atoms with van der Waals surface area (Å²) in [6.45, 7) is 0.297. The van der Waals surface area contributed by atoms with E-state index in [-0.39, 0.29) is 5.97 Å². The van der Waals surface area contributed by atoms with E-state index in [9.17, 15) is 13.2 Å². The highest BCUT2D eigenvalue weighted by Gasteiger charge is 2.07. The molecular formula is C9H16N2O4S. The lowest BCUT2D eigenvalue weighted by atomic mass is 10.2. The van der Waals surface area contributed by atoms with Crippen LogP contribution in [0.15, 0.2) is 0 Å². The van der Waals surface area contributed by atoms with Crippen LogP contribution in [0.5, 0.6) is 0 Å². The third-order valence-corrected chi connectivity index (χ3v) is 3.01. The lowest BCUT2D eigenvalue weighted by molar-refractivity contribution is -0.140. The second kappa shape index (κ2) is 8.07. The number of ether oxygens (including phenoxy) is 1. The van der Waals surface area contributed by atoms with Crippen LogP contribution >= 0.6 is 0 Å². The van der Waals surface area contributed by atoms with Gasteiger partial charge in [-0.1, -0.05) is 6.42 Å². The van der Waals surface area contributed by atoms with Crippen molar-refractivity contribution >= 4 is 16.0 Å². The smallest absolute Gasteiger partial charge is 0.305 e. The van der Waals surface area contributed by atoms with Gasteiger partial charge < -0.3 is 4.74 Å². The van der Waals surface area contributed by atoms with Gasteiger partial charge in [-0.05, 0) is 12.8 Å². The van der Waals surface area contributed by atoms with E-state index in [1.165, 1.54) is 7.11 Å². The molecule has 0 heterocycles. The Hall–Kier alpha value is -1.13. The molecule has 0 aromatic carbocycles. The van der Waals surface area contributed by atoms with Crippen LogP contribution in [0.3, 0.4) is 0 Å². The molecule has 0 spiro atoms. The normalized spacial score (nSPS) is 10.8. The summed E-state index contributed by atoms with van der Waals surface area (Å²) < 4.78 is 28.8. The number of sulfonamides is 1. The van der Waals surface area contributed by atoms with Crippen LogP contribution in [0.2, 0.25) is 0 Å². The minimum Gasteiger partial charge on any atom is -0.469 e. The molecule has 0 fully saturated rings. The Bertz CT molecular complexity index is 345. The SMILES string of the molecule is COC(=O)CCCCCNS(=O)(=O)CC#N. The molecule has 7 heteroatoms. The number of carbonyl (C=O) groups is 1. The minimum atomic E-state index is -3.44. The van der Waals surface area contributed by atoms with E-state index in [2.05, 4.69) is 9.46 Å². The van der Waals surface area contributed by atoms with Crippen molar-refractivity contribution in [2.75, 3.05) is 19.4 Å². The molecule has 0 rings (SSSR count). The maximum absolute atomic E-state index is 11.0. The molecule has 92 valence electrons. The van der Waals surface area contributed by atoms with E-state index in [1.807, 2.05) is 0 Å². The molecule has 0 bridgehead atoms. The molecule has 0 radical (unpaired) electrons. The first-order valence-electron chi connectivity index (χ1n) is 4.93. The van der Waals surface area contributed by atoms with Crippen LogP contribution in [0.4, 0.5) is 0 Å². The van der Waals surface area contributed by atoms with Crippen molar-refractivity contribution in [2.45, 2.75) is 25.7 Å². The van der Waals surface area contributed by atoms with Gasteiger partial charge in [0.15, 0.2) is 5.75 Å². The first-order chi connectivity index (χ1) is 7.52. The fourth-order valence-corrected chi connectivity index (χ4v) is 1.76. The second-order valence-electron chi connectivity index (χ2n) is 3.20. The molecule has 0 aliphatic rings. The van der Waals surface area contributed by atoms with Crippen LogP contribution in [0, 0.1) is 11.3 Å². The average molecular weight is 248 g/mol. The number of nitrogens with zero attached hydrogens (tertiary/aromatic N) is 1. The predicted molar refractivity (Wildman–Crippen MR) is 57.9 cm³/mol. The molecule has 16 heavy (non-hydrogen) atoms. The second-order valence-corrected chi connectivity index (χ2v) is 5.01. The van der Waals surface area contributed by atoms with Gasteiger partial charge in [-0.2, -0.15) is 5.26 Å². The first-order valence-corrected chi connectivity index (χ1v) is 6.58. The number of methoxy groups -OCH3 is 1. The summed E-state index contributed by atoms with van der Waals surface area (Å²) in [5.74, 6) is -0.778. The summed E-state index contributed by atoms with van der Waals surface area (Å²) in [6, 6.07) is 1.57. The first kappa shape index (κ1) is 14.9. The Morgan fingerprint density at radius 2 is 2.06 bits per heavy atom. The Morgan fingerprint density at radius 3 is 2.62 bits per heavy atom. The molecule has 0 amide bonds. The van der Waals surface area contributed by atoms with Crippen molar-refractivity contribution in [3.05, 3.63) is 0 Å². The molecule has 0 saturated heterocycles. The summed E-state index contributed by atoms with van der Waals surface area (Å²) in [4.78, 5) is 10.7. The fraction of sp³-hybridized carbons (Fsp3) is 0.778. The van der Waals surface area contributed by atoms with Crippen molar-refractivity contribution in [3.63, 3.8) is 0 Å². The van der Waals surface area contributed by atoms with Crippen LogP contribution in [0.1, 0.15) is 25.7 Å². The number of hydrogen-bond donors (Lipinski definition) is 1. The highest BCUT2D eigenvalue weighted by atomic mass is 32.2. The number of nitriles is 1. The van der Waals surface area contributed by atoms with Gasteiger partial charge in [-0.25, -0.2) is 13.1 Å². The van der Waals surface area contributed by atoms with Gasteiger partial charge in [0.25, 0.3) is 0 Å². The van der Waals surface area contributed by atoms with Crippen LogP contribution in [-0.4, -0.2) is 33.8 Å². The Labute approximate surface area is 95.6 Å². The monoisotopic (exact) mass is 248 g/mol. The highest BCUT2D eigenvalue weighted by Crippen LogP contribution is 2.00. The summed E-state index contributed by atoms with van der Waals surface area (Å²) >= 11 is 0. The molecule has 1 N–H and O–H groups in total. The van der Waals surface area contributed by atoms with Crippen molar-refractivity contribution in [1.82, 2.24) is 4.72 Å². The van der Waals surface area contributed by atoms with Crippen molar-refractivity contribution in [1.29, 1.82) is 5.26 Å². The van der Waals surface area contributed by atoms with Gasteiger partial charge in [-0.15, -0.1) is 0 Å². The Morgan fingerprint density at radius 1 is 1.38 bits per heavy atom. The number of esters is 1. The largest absolute Gasteiger partial charge is 0.469 e. The topological polar surface area (TPSA) is 96.3 Å². The van der Waals surface area contributed by atoms with E-state index in [0.717, 1.165) is 6.42 Å². The molecule has 0 aliphatic carbocycles. The van der Waals surface area contributed by atoms with Crippen molar-refractivity contribution < 1.29 is 17.9 Å². The zero-order valence-corrected chi connectivity index (χ0v) is 10.0. The van der Waals surface area contributed by atoms with Gasteiger partial charge in [0, 0.05) is 13.0 Å². The zero-order valence-electron chi connectivity index (χ0n) is 9.23. The molecule has 0 unspecified atom stereocenters. The molecule has 6 nitrogen and oxygen atoms in total. The summed E-state index contributed by atoms with van der Waals surface area (Å²) in [6.07, 6.45) is 2.40. The molecule has 0 aromatic heterocycles. The van der Waals surface area contributed by atoms with Crippen LogP contribution < -0.4 is 4.72 Å². The number of rotatable bonds is 8. The minimum absolute atomic E-state index is 0.259. The van der Waals surface area contributed by atoms with Crippen molar-refractivity contribution in [2.24, 2.45) is 0 Å². The fourth-order valence-electron chi connectivity index (χ4n) is 1.04. The third-order valence-electron chi connectivity index (χ3n) is 1.86.